The number of benzene rings is 1. The number of hydrogen-bond acceptors (Lipinski definition) is 3. The normalized spacial score (nSPS) is 19.7. The van der Waals surface area contributed by atoms with Crippen molar-refractivity contribution in [3.8, 4) is 0 Å². The Kier molecular flexibility index (Phi) is 5.31. The number of rotatable bonds is 5. The van der Waals surface area contributed by atoms with Gasteiger partial charge in [-0.15, -0.1) is 0 Å². The summed E-state index contributed by atoms with van der Waals surface area (Å²) in [4.78, 5) is 0.00294. The van der Waals surface area contributed by atoms with Crippen LogP contribution in [0.15, 0.2) is 23.1 Å². The van der Waals surface area contributed by atoms with Crippen molar-refractivity contribution in [1.29, 1.82) is 0 Å². The van der Waals surface area contributed by atoms with Crippen LogP contribution in [0.3, 0.4) is 0 Å². The molecule has 1 saturated heterocycles. The standard InChI is InChI=1S/C13H18Cl2N2O2S/c1-2-17(9-10-5-4-8-16-10)20(18,19)13-11(14)6-3-7-12(13)15/h3,6-7,10,16H,2,4-5,8-9H2,1H3. The van der Waals surface area contributed by atoms with Crippen LogP contribution in [-0.2, 0) is 10.0 Å². The van der Waals surface area contributed by atoms with Gasteiger partial charge in [0.05, 0.1) is 10.0 Å². The first-order valence-electron chi connectivity index (χ1n) is 6.64. The van der Waals surface area contributed by atoms with E-state index >= 15 is 0 Å². The summed E-state index contributed by atoms with van der Waals surface area (Å²) in [7, 11) is -3.67. The van der Waals surface area contributed by atoms with Crippen LogP contribution in [0.1, 0.15) is 19.8 Å². The molecule has 1 N–H and O–H groups in total. The topological polar surface area (TPSA) is 49.4 Å². The minimum Gasteiger partial charge on any atom is -0.313 e. The van der Waals surface area contributed by atoms with Gasteiger partial charge in [-0.05, 0) is 31.5 Å². The molecule has 1 aromatic rings. The van der Waals surface area contributed by atoms with Gasteiger partial charge in [0.25, 0.3) is 0 Å². The summed E-state index contributed by atoms with van der Waals surface area (Å²) in [6.07, 6.45) is 2.07. The minimum atomic E-state index is -3.67. The summed E-state index contributed by atoms with van der Waals surface area (Å²) in [6.45, 7) is 3.59. The van der Waals surface area contributed by atoms with E-state index in [0.717, 1.165) is 19.4 Å². The number of nitrogens with zero attached hydrogens (tertiary/aromatic N) is 1. The molecule has 0 aromatic heterocycles. The van der Waals surface area contributed by atoms with Gasteiger partial charge in [-0.2, -0.15) is 4.31 Å². The van der Waals surface area contributed by atoms with Crippen molar-refractivity contribution in [1.82, 2.24) is 9.62 Å². The molecule has 1 aliphatic heterocycles. The zero-order chi connectivity index (χ0) is 14.8. The minimum absolute atomic E-state index is 0.00294. The van der Waals surface area contributed by atoms with Crippen LogP contribution in [0, 0.1) is 0 Å². The molecule has 1 aromatic carbocycles. The fourth-order valence-corrected chi connectivity index (χ4v) is 5.00. The first kappa shape index (κ1) is 16.0. The number of sulfonamides is 1. The number of halogens is 2. The van der Waals surface area contributed by atoms with Crippen LogP contribution < -0.4 is 5.32 Å². The van der Waals surface area contributed by atoms with Crippen LogP contribution in [0.5, 0.6) is 0 Å². The molecule has 0 aliphatic carbocycles. The van der Waals surface area contributed by atoms with E-state index in [0.29, 0.717) is 13.1 Å². The van der Waals surface area contributed by atoms with Gasteiger partial charge in [-0.3, -0.25) is 0 Å². The van der Waals surface area contributed by atoms with Crippen molar-refractivity contribution in [2.45, 2.75) is 30.7 Å². The highest BCUT2D eigenvalue weighted by Gasteiger charge is 2.30. The summed E-state index contributed by atoms with van der Waals surface area (Å²) in [5, 5.41) is 3.63. The number of likely N-dealkylation sites (N-methyl/N-ethyl adjacent to an activating group) is 1. The van der Waals surface area contributed by atoms with Gasteiger partial charge >= 0.3 is 0 Å². The zero-order valence-corrected chi connectivity index (χ0v) is 13.6. The van der Waals surface area contributed by atoms with E-state index in [-0.39, 0.29) is 21.0 Å². The van der Waals surface area contributed by atoms with E-state index < -0.39 is 10.0 Å². The monoisotopic (exact) mass is 336 g/mol. The van der Waals surface area contributed by atoms with E-state index in [1.807, 2.05) is 6.92 Å². The maximum Gasteiger partial charge on any atom is 0.246 e. The smallest absolute Gasteiger partial charge is 0.246 e. The van der Waals surface area contributed by atoms with Crippen molar-refractivity contribution in [2.75, 3.05) is 19.6 Å². The van der Waals surface area contributed by atoms with Gasteiger partial charge in [-0.1, -0.05) is 36.2 Å². The summed E-state index contributed by atoms with van der Waals surface area (Å²) >= 11 is 12.1. The first-order valence-corrected chi connectivity index (χ1v) is 8.84. The Hall–Kier alpha value is -0.330. The summed E-state index contributed by atoms with van der Waals surface area (Å²) in [5.74, 6) is 0. The molecular formula is C13H18Cl2N2O2S. The maximum atomic E-state index is 12.7. The second kappa shape index (κ2) is 6.62. The van der Waals surface area contributed by atoms with Gasteiger partial charge in [0.1, 0.15) is 4.90 Å². The van der Waals surface area contributed by atoms with Gasteiger partial charge in [0.2, 0.25) is 10.0 Å². The Morgan fingerprint density at radius 1 is 1.35 bits per heavy atom. The van der Waals surface area contributed by atoms with Crippen LogP contribution >= 0.6 is 23.2 Å². The van der Waals surface area contributed by atoms with Crippen molar-refractivity contribution >= 4 is 33.2 Å². The lowest BCUT2D eigenvalue weighted by molar-refractivity contribution is 0.383. The third-order valence-electron chi connectivity index (χ3n) is 3.46. The van der Waals surface area contributed by atoms with E-state index in [4.69, 9.17) is 23.2 Å². The van der Waals surface area contributed by atoms with Crippen LogP contribution in [0.4, 0.5) is 0 Å². The Labute approximate surface area is 130 Å². The van der Waals surface area contributed by atoms with Gasteiger partial charge in [-0.25, -0.2) is 8.42 Å². The highest BCUT2D eigenvalue weighted by molar-refractivity contribution is 7.89. The lowest BCUT2D eigenvalue weighted by atomic mass is 10.2. The zero-order valence-electron chi connectivity index (χ0n) is 11.3. The molecule has 20 heavy (non-hydrogen) atoms. The molecule has 1 fully saturated rings. The van der Waals surface area contributed by atoms with Crippen molar-refractivity contribution < 1.29 is 8.42 Å². The number of hydrogen-bond donors (Lipinski definition) is 1. The Bertz CT molecular complexity index is 551. The van der Waals surface area contributed by atoms with E-state index in [2.05, 4.69) is 5.32 Å². The summed E-state index contributed by atoms with van der Waals surface area (Å²) < 4.78 is 26.9. The summed E-state index contributed by atoms with van der Waals surface area (Å²) in [5.41, 5.74) is 0. The Morgan fingerprint density at radius 3 is 2.50 bits per heavy atom. The largest absolute Gasteiger partial charge is 0.313 e. The van der Waals surface area contributed by atoms with Gasteiger partial charge in [0, 0.05) is 19.1 Å². The molecule has 0 radical (unpaired) electrons. The van der Waals surface area contributed by atoms with Gasteiger partial charge < -0.3 is 5.32 Å². The molecule has 112 valence electrons. The van der Waals surface area contributed by atoms with Crippen molar-refractivity contribution in [3.63, 3.8) is 0 Å². The van der Waals surface area contributed by atoms with E-state index in [1.165, 1.54) is 4.31 Å². The Morgan fingerprint density at radius 2 is 2.00 bits per heavy atom. The second-order valence-corrected chi connectivity index (χ2v) is 7.49. The third kappa shape index (κ3) is 3.28. The first-order chi connectivity index (χ1) is 9.46. The average molecular weight is 337 g/mol. The predicted octanol–water partition coefficient (Wildman–Crippen LogP) is 2.76. The molecule has 2 rings (SSSR count). The van der Waals surface area contributed by atoms with E-state index in [9.17, 15) is 8.42 Å². The maximum absolute atomic E-state index is 12.7. The molecule has 4 nitrogen and oxygen atoms in total. The van der Waals surface area contributed by atoms with Crippen LogP contribution in [0.25, 0.3) is 0 Å². The molecule has 0 spiro atoms. The fraction of sp³-hybridized carbons (Fsp3) is 0.538. The lowest BCUT2D eigenvalue weighted by Crippen LogP contribution is -2.41. The molecule has 7 heteroatoms. The molecule has 1 aliphatic rings. The quantitative estimate of drug-likeness (QED) is 0.899. The van der Waals surface area contributed by atoms with Crippen molar-refractivity contribution in [2.24, 2.45) is 0 Å². The van der Waals surface area contributed by atoms with E-state index in [1.54, 1.807) is 18.2 Å². The molecule has 0 bridgehead atoms. The highest BCUT2D eigenvalue weighted by Crippen LogP contribution is 2.31. The molecule has 1 atom stereocenters. The molecule has 1 heterocycles. The number of nitrogens with one attached hydrogen (secondary N) is 1. The summed E-state index contributed by atoms with van der Waals surface area (Å²) in [6, 6.07) is 4.92. The highest BCUT2D eigenvalue weighted by atomic mass is 35.5. The van der Waals surface area contributed by atoms with Crippen molar-refractivity contribution in [3.05, 3.63) is 28.2 Å². The SMILES string of the molecule is CCN(CC1CCCN1)S(=O)(=O)c1c(Cl)cccc1Cl. The molecule has 1 unspecified atom stereocenters. The van der Waals surface area contributed by atoms with Crippen LogP contribution in [0.2, 0.25) is 10.0 Å². The average Bonchev–Trinajstić information content (AvgIpc) is 2.88. The third-order valence-corrected chi connectivity index (χ3v) is 6.35. The Balaban J connectivity index is 2.31. The van der Waals surface area contributed by atoms with Crippen LogP contribution in [-0.4, -0.2) is 38.4 Å². The second-order valence-electron chi connectivity index (χ2n) is 4.80. The molecule has 0 saturated carbocycles. The predicted molar refractivity (Wildman–Crippen MR) is 81.9 cm³/mol. The molecule has 0 amide bonds. The van der Waals surface area contributed by atoms with Gasteiger partial charge in [0.15, 0.2) is 0 Å². The molecular weight excluding hydrogens is 319 g/mol. The fourth-order valence-electron chi connectivity index (χ4n) is 2.41. The lowest BCUT2D eigenvalue weighted by Gasteiger charge is -2.24.